The molecule has 2 aromatic rings. The Bertz CT molecular complexity index is 783. The molecule has 2 fully saturated rings. The third-order valence-electron chi connectivity index (χ3n) is 4.36. The first-order valence-electron chi connectivity index (χ1n) is 8.66. The van der Waals surface area contributed by atoms with Crippen LogP contribution in [0.3, 0.4) is 0 Å². The van der Waals surface area contributed by atoms with E-state index in [-0.39, 0.29) is 0 Å². The van der Waals surface area contributed by atoms with Gasteiger partial charge in [0, 0.05) is 12.1 Å². The Morgan fingerprint density at radius 2 is 2.04 bits per heavy atom. The van der Waals surface area contributed by atoms with Crippen molar-refractivity contribution in [2.45, 2.75) is 63.5 Å². The van der Waals surface area contributed by atoms with Crippen LogP contribution in [-0.2, 0) is 10.3 Å². The van der Waals surface area contributed by atoms with Crippen molar-refractivity contribution >= 4 is 6.09 Å². The third kappa shape index (κ3) is 3.50. The number of rotatable bonds is 4. The number of ether oxygens (including phenoxy) is 1. The summed E-state index contributed by atoms with van der Waals surface area (Å²) in [7, 11) is 0. The summed E-state index contributed by atoms with van der Waals surface area (Å²) in [6.07, 6.45) is 5.25. The zero-order chi connectivity index (χ0) is 17.7. The molecule has 1 N–H and O–H groups in total. The number of aromatic nitrogens is 3. The van der Waals surface area contributed by atoms with E-state index in [0.717, 1.165) is 36.9 Å². The Hall–Kier alpha value is -2.44. The lowest BCUT2D eigenvalue weighted by molar-refractivity contribution is 0.0494. The first kappa shape index (κ1) is 16.1. The van der Waals surface area contributed by atoms with Crippen molar-refractivity contribution in [2.75, 3.05) is 0 Å². The summed E-state index contributed by atoms with van der Waals surface area (Å²) in [5, 5.41) is 11.1. The molecule has 0 unspecified atom stereocenters. The predicted octanol–water partition coefficient (Wildman–Crippen LogP) is 3.52. The number of carbonyl (C=O) groups excluding carboxylic acids is 1. The molecule has 0 bridgehead atoms. The second-order valence-electron chi connectivity index (χ2n) is 7.86. The zero-order valence-corrected chi connectivity index (χ0v) is 14.7. The smallest absolute Gasteiger partial charge is 0.408 e. The maximum absolute atomic E-state index is 12.1. The lowest BCUT2D eigenvalue weighted by atomic mass is 10.1. The van der Waals surface area contributed by atoms with Crippen LogP contribution in [0.2, 0.25) is 0 Å². The van der Waals surface area contributed by atoms with Crippen LogP contribution in [0.15, 0.2) is 22.7 Å². The lowest BCUT2D eigenvalue weighted by Crippen LogP contribution is -2.39. The molecule has 132 valence electrons. The SMILES string of the molecule is CC(C)(C)OC(=O)NC1(c2ccc(-c3nnc(C4CC4)o3)cn2)CC1. The number of hydrogen-bond donors (Lipinski definition) is 1. The molecular formula is C18H22N4O3. The van der Waals surface area contributed by atoms with Gasteiger partial charge in [-0.25, -0.2) is 4.79 Å². The fourth-order valence-electron chi connectivity index (χ4n) is 2.72. The number of hydrogen-bond acceptors (Lipinski definition) is 6. The Morgan fingerprint density at radius 1 is 1.28 bits per heavy atom. The van der Waals surface area contributed by atoms with Crippen molar-refractivity contribution in [3.05, 3.63) is 29.9 Å². The van der Waals surface area contributed by atoms with E-state index in [0.29, 0.717) is 17.7 Å². The molecule has 25 heavy (non-hydrogen) atoms. The molecule has 0 aliphatic heterocycles. The Labute approximate surface area is 146 Å². The van der Waals surface area contributed by atoms with Gasteiger partial charge in [0.05, 0.1) is 16.8 Å². The van der Waals surface area contributed by atoms with Crippen LogP contribution in [0.25, 0.3) is 11.5 Å². The van der Waals surface area contributed by atoms with Crippen LogP contribution < -0.4 is 5.32 Å². The number of amides is 1. The van der Waals surface area contributed by atoms with Crippen molar-refractivity contribution in [2.24, 2.45) is 0 Å². The highest BCUT2D eigenvalue weighted by Gasteiger charge is 2.48. The number of nitrogens with one attached hydrogen (secondary N) is 1. The Kier molecular flexibility index (Phi) is 3.56. The van der Waals surface area contributed by atoms with Crippen LogP contribution in [0.1, 0.15) is 64.0 Å². The van der Waals surface area contributed by atoms with E-state index in [2.05, 4.69) is 20.5 Å². The minimum atomic E-state index is -0.519. The third-order valence-corrected chi connectivity index (χ3v) is 4.36. The molecule has 2 aliphatic rings. The van der Waals surface area contributed by atoms with Gasteiger partial charge in [0.15, 0.2) is 0 Å². The van der Waals surface area contributed by atoms with Gasteiger partial charge in [0.25, 0.3) is 0 Å². The summed E-state index contributed by atoms with van der Waals surface area (Å²) in [5.74, 6) is 1.64. The lowest BCUT2D eigenvalue weighted by Gasteiger charge is -2.23. The minimum Gasteiger partial charge on any atom is -0.444 e. The molecule has 2 aliphatic carbocycles. The fraction of sp³-hybridized carbons (Fsp3) is 0.556. The summed E-state index contributed by atoms with van der Waals surface area (Å²) < 4.78 is 11.1. The standard InChI is InChI=1S/C18H22N4O3/c1-17(2,3)25-16(23)20-18(8-9-18)13-7-6-12(10-19-13)15-22-21-14(24-15)11-4-5-11/h6-7,10-11H,4-5,8-9H2,1-3H3,(H,20,23). The monoisotopic (exact) mass is 342 g/mol. The summed E-state index contributed by atoms with van der Waals surface area (Å²) in [6.45, 7) is 5.54. The average Bonchev–Trinajstić information content (AvgIpc) is 3.46. The van der Waals surface area contributed by atoms with E-state index < -0.39 is 17.2 Å². The van der Waals surface area contributed by atoms with E-state index in [1.165, 1.54) is 0 Å². The summed E-state index contributed by atoms with van der Waals surface area (Å²) >= 11 is 0. The normalized spacial score (nSPS) is 18.7. The van der Waals surface area contributed by atoms with Crippen molar-refractivity contribution in [3.8, 4) is 11.5 Å². The minimum absolute atomic E-state index is 0.415. The maximum Gasteiger partial charge on any atom is 0.408 e. The molecule has 1 amide bonds. The van der Waals surface area contributed by atoms with Gasteiger partial charge in [0.2, 0.25) is 11.8 Å². The first-order valence-corrected chi connectivity index (χ1v) is 8.66. The maximum atomic E-state index is 12.1. The Morgan fingerprint density at radius 3 is 2.60 bits per heavy atom. The summed E-state index contributed by atoms with van der Waals surface area (Å²) in [6, 6.07) is 3.81. The highest BCUT2D eigenvalue weighted by molar-refractivity contribution is 5.70. The van der Waals surface area contributed by atoms with E-state index in [1.807, 2.05) is 32.9 Å². The molecule has 7 nitrogen and oxygen atoms in total. The molecule has 2 heterocycles. The van der Waals surface area contributed by atoms with E-state index in [9.17, 15) is 4.79 Å². The molecule has 4 rings (SSSR count). The highest BCUT2D eigenvalue weighted by Crippen LogP contribution is 2.45. The van der Waals surface area contributed by atoms with Gasteiger partial charge < -0.3 is 14.5 Å². The largest absolute Gasteiger partial charge is 0.444 e. The predicted molar refractivity (Wildman–Crippen MR) is 89.8 cm³/mol. The zero-order valence-electron chi connectivity index (χ0n) is 14.7. The number of carbonyl (C=O) groups is 1. The Balaban J connectivity index is 1.46. The highest BCUT2D eigenvalue weighted by atomic mass is 16.6. The van der Waals surface area contributed by atoms with Gasteiger partial charge in [-0.3, -0.25) is 4.98 Å². The molecule has 0 spiro atoms. The van der Waals surface area contributed by atoms with Crippen LogP contribution in [0.5, 0.6) is 0 Å². The van der Waals surface area contributed by atoms with Crippen LogP contribution in [0, 0.1) is 0 Å². The van der Waals surface area contributed by atoms with Crippen molar-refractivity contribution < 1.29 is 13.9 Å². The fourth-order valence-corrected chi connectivity index (χ4v) is 2.72. The van der Waals surface area contributed by atoms with Gasteiger partial charge in [-0.05, 0) is 58.6 Å². The molecule has 2 saturated carbocycles. The molecule has 0 saturated heterocycles. The van der Waals surface area contributed by atoms with Gasteiger partial charge in [-0.1, -0.05) is 0 Å². The van der Waals surface area contributed by atoms with Gasteiger partial charge in [-0.2, -0.15) is 0 Å². The second kappa shape index (κ2) is 5.54. The number of alkyl carbamates (subject to hydrolysis) is 1. The quantitative estimate of drug-likeness (QED) is 0.914. The topological polar surface area (TPSA) is 90.1 Å². The van der Waals surface area contributed by atoms with Crippen LogP contribution >= 0.6 is 0 Å². The molecule has 0 aromatic carbocycles. The van der Waals surface area contributed by atoms with Crippen molar-refractivity contribution in [1.29, 1.82) is 0 Å². The molecule has 0 radical (unpaired) electrons. The average molecular weight is 342 g/mol. The van der Waals surface area contributed by atoms with Crippen LogP contribution in [0.4, 0.5) is 4.79 Å². The first-order chi connectivity index (χ1) is 11.8. The molecule has 2 aromatic heterocycles. The number of nitrogens with zero attached hydrogens (tertiary/aromatic N) is 3. The van der Waals surface area contributed by atoms with Gasteiger partial charge >= 0.3 is 6.09 Å². The van der Waals surface area contributed by atoms with E-state index in [4.69, 9.17) is 9.15 Å². The van der Waals surface area contributed by atoms with Crippen LogP contribution in [-0.4, -0.2) is 26.9 Å². The van der Waals surface area contributed by atoms with E-state index in [1.54, 1.807) is 6.20 Å². The van der Waals surface area contributed by atoms with Crippen molar-refractivity contribution in [3.63, 3.8) is 0 Å². The summed E-state index contributed by atoms with van der Waals surface area (Å²) in [4.78, 5) is 16.6. The molecule has 0 atom stereocenters. The van der Waals surface area contributed by atoms with Gasteiger partial charge in [-0.15, -0.1) is 10.2 Å². The summed E-state index contributed by atoms with van der Waals surface area (Å²) in [5.41, 5.74) is 0.670. The second-order valence-corrected chi connectivity index (χ2v) is 7.86. The van der Waals surface area contributed by atoms with Crippen molar-refractivity contribution in [1.82, 2.24) is 20.5 Å². The number of pyridine rings is 1. The molecule has 7 heteroatoms. The van der Waals surface area contributed by atoms with Gasteiger partial charge in [0.1, 0.15) is 5.60 Å². The van der Waals surface area contributed by atoms with E-state index >= 15 is 0 Å². The molecular weight excluding hydrogens is 320 g/mol.